The second-order valence-electron chi connectivity index (χ2n) is 4.49. The van der Waals surface area contributed by atoms with Crippen LogP contribution in [0.1, 0.15) is 40.0 Å². The molecule has 0 radical (unpaired) electrons. The average Bonchev–Trinajstić information content (AvgIpc) is 1.82. The highest BCUT2D eigenvalue weighted by Crippen LogP contribution is 2.44. The minimum absolute atomic E-state index is 0.127. The lowest BCUT2D eigenvalue weighted by molar-refractivity contribution is 0.0405. The zero-order valence-corrected chi connectivity index (χ0v) is 7.78. The van der Waals surface area contributed by atoms with Crippen molar-refractivity contribution in [3.63, 3.8) is 0 Å². The number of hydrogen-bond acceptors (Lipinski definition) is 1. The van der Waals surface area contributed by atoms with Crippen molar-refractivity contribution in [2.24, 2.45) is 5.41 Å². The largest absolute Gasteiger partial charge is 0.386 e. The molecule has 0 spiro atoms. The van der Waals surface area contributed by atoms with E-state index < -0.39 is 5.60 Å². The van der Waals surface area contributed by atoms with Crippen molar-refractivity contribution < 1.29 is 5.11 Å². The molecule has 64 valence electrons. The van der Waals surface area contributed by atoms with Crippen LogP contribution in [-0.4, -0.2) is 10.7 Å². The molecule has 1 fully saturated rings. The van der Waals surface area contributed by atoms with E-state index in [0.717, 1.165) is 24.8 Å². The Morgan fingerprint density at radius 2 is 1.82 bits per heavy atom. The minimum atomic E-state index is -0.623. The van der Waals surface area contributed by atoms with Crippen molar-refractivity contribution in [2.45, 2.75) is 45.6 Å². The van der Waals surface area contributed by atoms with E-state index in [1.54, 1.807) is 0 Å². The molecule has 1 unspecified atom stereocenters. The molecule has 0 aromatic rings. The van der Waals surface area contributed by atoms with Gasteiger partial charge < -0.3 is 5.11 Å². The maximum absolute atomic E-state index is 9.88. The van der Waals surface area contributed by atoms with Gasteiger partial charge in [0.05, 0.1) is 5.60 Å². The fourth-order valence-electron chi connectivity index (χ4n) is 1.91. The Bertz CT molecular complexity index is 159. The predicted molar refractivity (Wildman–Crippen MR) is 47.4 cm³/mol. The Morgan fingerprint density at radius 1 is 1.27 bits per heavy atom. The van der Waals surface area contributed by atoms with Gasteiger partial charge in [0.25, 0.3) is 0 Å². The summed E-state index contributed by atoms with van der Waals surface area (Å²) in [5.41, 5.74) is 0.500. The van der Waals surface area contributed by atoms with Gasteiger partial charge in [-0.1, -0.05) is 20.4 Å². The average molecular weight is 154 g/mol. The molecule has 1 N–H and O–H groups in total. The zero-order valence-electron chi connectivity index (χ0n) is 7.78. The molecule has 0 aliphatic heterocycles. The van der Waals surface area contributed by atoms with Crippen LogP contribution in [0, 0.1) is 5.41 Å². The first-order valence-corrected chi connectivity index (χ1v) is 4.28. The Hall–Kier alpha value is -0.300. The topological polar surface area (TPSA) is 20.2 Å². The van der Waals surface area contributed by atoms with Crippen LogP contribution in [0.4, 0.5) is 0 Å². The predicted octanol–water partition coefficient (Wildman–Crippen LogP) is 2.50. The summed E-state index contributed by atoms with van der Waals surface area (Å²) in [5, 5.41) is 9.88. The molecule has 11 heavy (non-hydrogen) atoms. The Morgan fingerprint density at radius 3 is 2.18 bits per heavy atom. The SMILES string of the molecule is C=C1C(C)(C)CCCC1(C)O. The van der Waals surface area contributed by atoms with E-state index in [2.05, 4.69) is 20.4 Å². The van der Waals surface area contributed by atoms with Crippen molar-refractivity contribution in [1.29, 1.82) is 0 Å². The second-order valence-corrected chi connectivity index (χ2v) is 4.49. The quantitative estimate of drug-likeness (QED) is 0.531. The molecule has 1 aliphatic rings. The van der Waals surface area contributed by atoms with Crippen molar-refractivity contribution >= 4 is 0 Å². The van der Waals surface area contributed by atoms with Crippen LogP contribution >= 0.6 is 0 Å². The Balaban J connectivity index is 2.85. The van der Waals surface area contributed by atoms with Gasteiger partial charge in [0.1, 0.15) is 0 Å². The van der Waals surface area contributed by atoms with Crippen LogP contribution in [0.25, 0.3) is 0 Å². The van der Waals surface area contributed by atoms with Gasteiger partial charge >= 0.3 is 0 Å². The lowest BCUT2D eigenvalue weighted by atomic mass is 9.67. The normalized spacial score (nSPS) is 37.3. The standard InChI is InChI=1S/C10H18O/c1-8-9(2,3)6-5-7-10(8,4)11/h11H,1,5-7H2,2-4H3. The molecular formula is C10H18O. The molecule has 1 nitrogen and oxygen atoms in total. The third-order valence-corrected chi connectivity index (χ3v) is 2.93. The highest BCUT2D eigenvalue weighted by molar-refractivity contribution is 5.21. The van der Waals surface area contributed by atoms with Gasteiger partial charge in [-0.3, -0.25) is 0 Å². The van der Waals surface area contributed by atoms with E-state index in [1.807, 2.05) is 6.92 Å². The van der Waals surface area contributed by atoms with Crippen LogP contribution in [0.15, 0.2) is 12.2 Å². The molecule has 1 saturated carbocycles. The fourth-order valence-corrected chi connectivity index (χ4v) is 1.91. The molecular weight excluding hydrogens is 136 g/mol. The minimum Gasteiger partial charge on any atom is -0.386 e. The van der Waals surface area contributed by atoms with Crippen LogP contribution in [0.3, 0.4) is 0 Å². The molecule has 1 heteroatoms. The van der Waals surface area contributed by atoms with Gasteiger partial charge in [0, 0.05) is 0 Å². The summed E-state index contributed by atoms with van der Waals surface area (Å²) in [7, 11) is 0. The van der Waals surface area contributed by atoms with Gasteiger partial charge in [-0.2, -0.15) is 0 Å². The van der Waals surface area contributed by atoms with Gasteiger partial charge in [-0.05, 0) is 37.2 Å². The first-order valence-electron chi connectivity index (χ1n) is 4.28. The number of aliphatic hydroxyl groups is 1. The monoisotopic (exact) mass is 154 g/mol. The fraction of sp³-hybridized carbons (Fsp3) is 0.800. The van der Waals surface area contributed by atoms with E-state index >= 15 is 0 Å². The summed E-state index contributed by atoms with van der Waals surface area (Å²) in [5.74, 6) is 0. The number of hydrogen-bond donors (Lipinski definition) is 1. The highest BCUT2D eigenvalue weighted by atomic mass is 16.3. The first-order chi connectivity index (χ1) is 4.86. The molecule has 0 amide bonds. The molecule has 0 aromatic heterocycles. The maximum Gasteiger partial charge on any atom is 0.0831 e. The van der Waals surface area contributed by atoms with Crippen molar-refractivity contribution in [1.82, 2.24) is 0 Å². The summed E-state index contributed by atoms with van der Waals surface area (Å²) in [6.07, 6.45) is 3.14. The third kappa shape index (κ3) is 1.48. The van der Waals surface area contributed by atoms with Gasteiger partial charge in [0.2, 0.25) is 0 Å². The summed E-state index contributed by atoms with van der Waals surface area (Å²) < 4.78 is 0. The van der Waals surface area contributed by atoms with Crippen molar-refractivity contribution in [3.05, 3.63) is 12.2 Å². The van der Waals surface area contributed by atoms with Crippen LogP contribution in [0.2, 0.25) is 0 Å². The van der Waals surface area contributed by atoms with Gasteiger partial charge in [-0.25, -0.2) is 0 Å². The molecule has 1 rings (SSSR count). The highest BCUT2D eigenvalue weighted by Gasteiger charge is 2.38. The third-order valence-electron chi connectivity index (χ3n) is 2.93. The van der Waals surface area contributed by atoms with E-state index in [-0.39, 0.29) is 5.41 Å². The number of rotatable bonds is 0. The van der Waals surface area contributed by atoms with Gasteiger partial charge in [-0.15, -0.1) is 0 Å². The molecule has 0 saturated heterocycles. The van der Waals surface area contributed by atoms with Gasteiger partial charge in [0.15, 0.2) is 0 Å². The maximum atomic E-state index is 9.88. The molecule has 0 aromatic carbocycles. The lowest BCUT2D eigenvalue weighted by Gasteiger charge is -2.42. The van der Waals surface area contributed by atoms with E-state index in [1.165, 1.54) is 0 Å². The molecule has 0 bridgehead atoms. The Kier molecular flexibility index (Phi) is 1.87. The zero-order chi connectivity index (χ0) is 8.70. The van der Waals surface area contributed by atoms with Crippen LogP contribution in [0.5, 0.6) is 0 Å². The van der Waals surface area contributed by atoms with Crippen LogP contribution in [-0.2, 0) is 0 Å². The van der Waals surface area contributed by atoms with E-state index in [0.29, 0.717) is 0 Å². The van der Waals surface area contributed by atoms with E-state index in [9.17, 15) is 5.11 Å². The van der Waals surface area contributed by atoms with Crippen LogP contribution < -0.4 is 0 Å². The van der Waals surface area contributed by atoms with Crippen molar-refractivity contribution in [2.75, 3.05) is 0 Å². The molecule has 1 atom stereocenters. The summed E-state index contributed by atoms with van der Waals surface area (Å²) in [4.78, 5) is 0. The summed E-state index contributed by atoms with van der Waals surface area (Å²) in [6.45, 7) is 10.2. The smallest absolute Gasteiger partial charge is 0.0831 e. The summed E-state index contributed by atoms with van der Waals surface area (Å²) >= 11 is 0. The first kappa shape index (κ1) is 8.79. The lowest BCUT2D eigenvalue weighted by Crippen LogP contribution is -2.38. The Labute approximate surface area is 69.1 Å². The molecule has 0 heterocycles. The van der Waals surface area contributed by atoms with E-state index in [4.69, 9.17) is 0 Å². The second kappa shape index (κ2) is 2.34. The summed E-state index contributed by atoms with van der Waals surface area (Å²) in [6, 6.07) is 0. The van der Waals surface area contributed by atoms with Crippen molar-refractivity contribution in [3.8, 4) is 0 Å². The molecule has 1 aliphatic carbocycles.